The number of nitrogens with zero attached hydrogens (tertiary/aromatic N) is 2. The molecule has 312 valence electrons. The predicted octanol–water partition coefficient (Wildman–Crippen LogP) is 17.5. The van der Waals surface area contributed by atoms with Crippen molar-refractivity contribution in [1.82, 2.24) is 9.97 Å². The van der Waals surface area contributed by atoms with E-state index in [1.807, 2.05) is 36.4 Å². The number of fused-ring (bicyclic) bond motifs is 6. The van der Waals surface area contributed by atoms with Gasteiger partial charge >= 0.3 is 0 Å². The Hall–Kier alpha value is -8.92. The number of aromatic nitrogens is 2. The highest BCUT2D eigenvalue weighted by molar-refractivity contribution is 6.23. The summed E-state index contributed by atoms with van der Waals surface area (Å²) in [5, 5.41) is 11.2. The molecule has 0 aliphatic carbocycles. The third kappa shape index (κ3) is 6.84. The molecule has 0 aliphatic rings. The van der Waals surface area contributed by atoms with Crippen molar-refractivity contribution in [3.8, 4) is 78.6 Å². The number of furan rings is 1. The van der Waals surface area contributed by atoms with Crippen molar-refractivity contribution in [1.29, 1.82) is 0 Å². The van der Waals surface area contributed by atoms with Gasteiger partial charge in [0.15, 0.2) is 5.82 Å². The monoisotopic (exact) mass is 852 g/mol. The lowest BCUT2D eigenvalue weighted by atomic mass is 9.86. The van der Waals surface area contributed by atoms with Crippen LogP contribution < -0.4 is 0 Å². The lowest BCUT2D eigenvalue weighted by Crippen LogP contribution is -1.96. The summed E-state index contributed by atoms with van der Waals surface area (Å²) in [5.74, 6) is 1.51. The van der Waals surface area contributed by atoms with E-state index >= 15 is 0 Å². The molecule has 0 N–H and O–H groups in total. The summed E-state index contributed by atoms with van der Waals surface area (Å²) in [5.41, 5.74) is 13.8. The van der Waals surface area contributed by atoms with Crippen molar-refractivity contribution in [2.45, 2.75) is 0 Å². The molecule has 0 spiro atoms. The molecule has 13 rings (SSSR count). The van der Waals surface area contributed by atoms with Gasteiger partial charge in [-0.15, -0.1) is 0 Å². The summed E-state index contributed by atoms with van der Waals surface area (Å²) in [6.07, 6.45) is 0. The molecule has 0 atom stereocenters. The summed E-state index contributed by atoms with van der Waals surface area (Å²) in [7, 11) is 0. The van der Waals surface area contributed by atoms with Gasteiger partial charge in [-0.05, 0) is 107 Å². The molecular formula is C64H40N2O. The van der Waals surface area contributed by atoms with Gasteiger partial charge in [-0.25, -0.2) is 9.97 Å². The van der Waals surface area contributed by atoms with Gasteiger partial charge in [0.2, 0.25) is 0 Å². The van der Waals surface area contributed by atoms with Gasteiger partial charge in [0, 0.05) is 27.6 Å². The van der Waals surface area contributed by atoms with Crippen molar-refractivity contribution >= 4 is 54.1 Å². The van der Waals surface area contributed by atoms with Crippen molar-refractivity contribution in [2.75, 3.05) is 0 Å². The van der Waals surface area contributed by atoms with E-state index < -0.39 is 0 Å². The zero-order valence-corrected chi connectivity index (χ0v) is 36.4. The fourth-order valence-electron chi connectivity index (χ4n) is 9.97. The second-order valence-electron chi connectivity index (χ2n) is 17.3. The normalized spacial score (nSPS) is 11.6. The van der Waals surface area contributed by atoms with E-state index in [4.69, 9.17) is 14.4 Å². The molecule has 0 unspecified atom stereocenters. The molecule has 13 aromatic rings. The van der Waals surface area contributed by atoms with Crippen LogP contribution in [0.15, 0.2) is 247 Å². The Morgan fingerprint density at radius 2 is 0.836 bits per heavy atom. The van der Waals surface area contributed by atoms with Crippen LogP contribution in [-0.4, -0.2) is 9.97 Å². The first-order chi connectivity index (χ1) is 33.2. The fourth-order valence-corrected chi connectivity index (χ4v) is 9.97. The molecule has 2 aromatic heterocycles. The van der Waals surface area contributed by atoms with Gasteiger partial charge in [0.05, 0.1) is 11.4 Å². The zero-order chi connectivity index (χ0) is 44.3. The van der Waals surface area contributed by atoms with E-state index in [0.29, 0.717) is 5.82 Å². The number of hydrogen-bond acceptors (Lipinski definition) is 3. The summed E-state index contributed by atoms with van der Waals surface area (Å²) >= 11 is 0. The van der Waals surface area contributed by atoms with Crippen LogP contribution in [0.25, 0.3) is 133 Å². The zero-order valence-electron chi connectivity index (χ0n) is 36.4. The Labute approximate surface area is 387 Å². The summed E-state index contributed by atoms with van der Waals surface area (Å²) in [6.45, 7) is 0. The Morgan fingerprint density at radius 3 is 1.60 bits per heavy atom. The molecule has 0 radical (unpaired) electrons. The van der Waals surface area contributed by atoms with E-state index in [9.17, 15) is 0 Å². The average molecular weight is 853 g/mol. The van der Waals surface area contributed by atoms with Crippen LogP contribution in [0.1, 0.15) is 0 Å². The molecule has 0 saturated carbocycles. The minimum atomic E-state index is 0.682. The molecule has 67 heavy (non-hydrogen) atoms. The first-order valence-electron chi connectivity index (χ1n) is 22.8. The maximum atomic E-state index is 6.24. The molecule has 3 nitrogen and oxygen atoms in total. The van der Waals surface area contributed by atoms with Gasteiger partial charge < -0.3 is 4.42 Å². The van der Waals surface area contributed by atoms with E-state index in [1.54, 1.807) is 0 Å². The molecule has 0 fully saturated rings. The van der Waals surface area contributed by atoms with E-state index in [2.05, 4.69) is 206 Å². The maximum Gasteiger partial charge on any atom is 0.160 e. The van der Waals surface area contributed by atoms with Crippen LogP contribution in [0.4, 0.5) is 0 Å². The first-order valence-corrected chi connectivity index (χ1v) is 22.8. The minimum absolute atomic E-state index is 0.682. The maximum absolute atomic E-state index is 6.24. The highest BCUT2D eigenvalue weighted by atomic mass is 16.3. The summed E-state index contributed by atoms with van der Waals surface area (Å²) < 4.78 is 6.24. The molecule has 0 aliphatic heterocycles. The molecular weight excluding hydrogens is 813 g/mol. The predicted molar refractivity (Wildman–Crippen MR) is 280 cm³/mol. The Kier molecular flexibility index (Phi) is 9.17. The van der Waals surface area contributed by atoms with E-state index in [-0.39, 0.29) is 0 Å². The Bertz CT molecular complexity index is 3980. The molecule has 0 amide bonds. The topological polar surface area (TPSA) is 38.9 Å². The number of rotatable bonds is 7. The number of hydrogen-bond donors (Lipinski definition) is 0. The molecule has 0 saturated heterocycles. The van der Waals surface area contributed by atoms with Gasteiger partial charge in [0.1, 0.15) is 11.3 Å². The summed E-state index contributed by atoms with van der Waals surface area (Å²) in [6, 6.07) is 86.6. The van der Waals surface area contributed by atoms with Crippen LogP contribution in [-0.2, 0) is 0 Å². The van der Waals surface area contributed by atoms with Crippen LogP contribution in [0.3, 0.4) is 0 Å². The molecule has 3 heteroatoms. The van der Waals surface area contributed by atoms with Crippen LogP contribution in [0.2, 0.25) is 0 Å². The van der Waals surface area contributed by atoms with Crippen molar-refractivity contribution in [3.05, 3.63) is 243 Å². The molecule has 0 bridgehead atoms. The third-order valence-electron chi connectivity index (χ3n) is 13.3. The summed E-state index contributed by atoms with van der Waals surface area (Å²) in [4.78, 5) is 10.2. The molecule has 2 heterocycles. The first kappa shape index (κ1) is 38.5. The van der Waals surface area contributed by atoms with Gasteiger partial charge in [-0.3, -0.25) is 0 Å². The lowest BCUT2D eigenvalue weighted by Gasteiger charge is -2.17. The highest BCUT2D eigenvalue weighted by Crippen LogP contribution is 2.44. The van der Waals surface area contributed by atoms with Gasteiger partial charge in [-0.2, -0.15) is 0 Å². The van der Waals surface area contributed by atoms with Gasteiger partial charge in [-0.1, -0.05) is 212 Å². The number of para-hydroxylation sites is 1. The largest absolute Gasteiger partial charge is 0.456 e. The molecule has 11 aromatic carbocycles. The minimum Gasteiger partial charge on any atom is -0.456 e. The Balaban J connectivity index is 0.840. The van der Waals surface area contributed by atoms with E-state index in [0.717, 1.165) is 61.5 Å². The van der Waals surface area contributed by atoms with Crippen LogP contribution >= 0.6 is 0 Å². The number of benzene rings is 11. The Morgan fingerprint density at radius 1 is 0.269 bits per heavy atom. The second-order valence-corrected chi connectivity index (χ2v) is 17.3. The van der Waals surface area contributed by atoms with Gasteiger partial charge in [0.25, 0.3) is 0 Å². The van der Waals surface area contributed by atoms with Crippen LogP contribution in [0, 0.1) is 0 Å². The average Bonchev–Trinajstić information content (AvgIpc) is 3.85. The second kappa shape index (κ2) is 16.0. The SMILES string of the molecule is c1ccc(-c2nc(-c3ccc(-c4ccc(-c5ccc(-c6c7ccccc7cc7c6ccc6ccccc67)c6ccccc56)cc4)cc3)cc(-c3cccc(-c4cc5ccccc5o4)c3)n2)cc1. The van der Waals surface area contributed by atoms with Crippen molar-refractivity contribution < 1.29 is 4.42 Å². The standard InChI is InChI=1S/C64H40N2O/c1-2-14-46(15-3-1)64-65-59(40-60(66-64)48-18-12-19-49(37-48)62-39-50-17-6-11-24-61(50)67-62)45-31-27-42(28-32-45)41-25-29-44(30-26-41)52-35-36-56(55-23-10-9-22-54(52)55)63-53-21-8-5-16-47(53)38-58-51-20-7-4-13-43(51)33-34-57(58)63/h1-40H. The third-order valence-corrected chi connectivity index (χ3v) is 13.3. The quantitative estimate of drug-likeness (QED) is 0.118. The smallest absolute Gasteiger partial charge is 0.160 e. The van der Waals surface area contributed by atoms with Crippen LogP contribution in [0.5, 0.6) is 0 Å². The fraction of sp³-hybridized carbons (Fsp3) is 0. The highest BCUT2D eigenvalue weighted by Gasteiger charge is 2.17. The van der Waals surface area contributed by atoms with Crippen molar-refractivity contribution in [3.63, 3.8) is 0 Å². The van der Waals surface area contributed by atoms with E-state index in [1.165, 1.54) is 65.3 Å². The lowest BCUT2D eigenvalue weighted by molar-refractivity contribution is 0.631. The van der Waals surface area contributed by atoms with Crippen molar-refractivity contribution in [2.24, 2.45) is 0 Å².